The Hall–Kier alpha value is -3.01. The molecule has 1 aromatic heterocycles. The minimum atomic E-state index is -4.55. The van der Waals surface area contributed by atoms with E-state index in [0.29, 0.717) is 35.2 Å². The third-order valence-corrected chi connectivity index (χ3v) is 7.12. The van der Waals surface area contributed by atoms with E-state index < -0.39 is 23.8 Å². The van der Waals surface area contributed by atoms with Crippen LogP contribution in [0.25, 0.3) is 0 Å². The van der Waals surface area contributed by atoms with Crippen LogP contribution in [0.4, 0.5) is 24.5 Å². The van der Waals surface area contributed by atoms with Gasteiger partial charge in [0.2, 0.25) is 5.88 Å². The maximum Gasteiger partial charge on any atom is 0.431 e. The van der Waals surface area contributed by atoms with Gasteiger partial charge in [-0.2, -0.15) is 18.3 Å². The van der Waals surface area contributed by atoms with Crippen molar-refractivity contribution in [3.63, 3.8) is 0 Å². The molecule has 0 spiro atoms. The molecule has 1 aromatic carbocycles. The lowest BCUT2D eigenvalue weighted by Gasteiger charge is -2.38. The molecule has 4 unspecified atom stereocenters. The summed E-state index contributed by atoms with van der Waals surface area (Å²) in [6.45, 7) is 7.43. The lowest BCUT2D eigenvalue weighted by atomic mass is 9.95. The fourth-order valence-electron chi connectivity index (χ4n) is 4.89. The molecule has 200 valence electrons. The molecule has 4 rings (SSSR count). The Bertz CT molecular complexity index is 1130. The summed E-state index contributed by atoms with van der Waals surface area (Å²) in [6.07, 6.45) is -1.65. The number of piperidine rings is 1. The normalized spacial score (nSPS) is 24.1. The standard InChI is InChI=1S/C26H30ClF3N4O3/c1-4-36-24-13-22(20(27)14-31-24)33-11-9-23(16(2)15-33)37-19-7-5-18(6-8-19)34-21(10-12-35)17(3)25(32-34)26(28,29)30/h5-8,12-14,16-17,21,23H,4,9-11,15H2,1-3H3. The summed E-state index contributed by atoms with van der Waals surface area (Å²) >= 11 is 6.40. The van der Waals surface area contributed by atoms with E-state index in [1.165, 1.54) is 11.9 Å². The van der Waals surface area contributed by atoms with Crippen molar-refractivity contribution >= 4 is 35.0 Å². The third kappa shape index (κ3) is 5.95. The first-order valence-electron chi connectivity index (χ1n) is 12.3. The molecule has 0 bridgehead atoms. The van der Waals surface area contributed by atoms with Gasteiger partial charge in [0.15, 0.2) is 0 Å². The van der Waals surface area contributed by atoms with Gasteiger partial charge < -0.3 is 19.2 Å². The zero-order valence-electron chi connectivity index (χ0n) is 20.9. The minimum Gasteiger partial charge on any atom is -0.490 e. The molecule has 2 aromatic rings. The van der Waals surface area contributed by atoms with Gasteiger partial charge >= 0.3 is 6.18 Å². The fourth-order valence-corrected chi connectivity index (χ4v) is 5.11. The van der Waals surface area contributed by atoms with Crippen LogP contribution in [0.2, 0.25) is 5.02 Å². The van der Waals surface area contributed by atoms with Gasteiger partial charge in [-0.05, 0) is 31.2 Å². The molecule has 0 aliphatic carbocycles. The average molecular weight is 539 g/mol. The fraction of sp³-hybridized carbons (Fsp3) is 0.500. The predicted molar refractivity (Wildman–Crippen MR) is 137 cm³/mol. The second-order valence-electron chi connectivity index (χ2n) is 9.36. The van der Waals surface area contributed by atoms with Crippen molar-refractivity contribution in [1.29, 1.82) is 0 Å². The third-order valence-electron chi connectivity index (χ3n) is 6.82. The molecule has 11 heteroatoms. The van der Waals surface area contributed by atoms with Crippen LogP contribution in [-0.2, 0) is 4.79 Å². The van der Waals surface area contributed by atoms with Crippen molar-refractivity contribution < 1.29 is 27.4 Å². The Labute approximate surface area is 219 Å². The summed E-state index contributed by atoms with van der Waals surface area (Å²) in [5.41, 5.74) is 0.479. The highest BCUT2D eigenvalue weighted by atomic mass is 35.5. The van der Waals surface area contributed by atoms with Crippen molar-refractivity contribution in [3.8, 4) is 11.6 Å². The molecule has 0 N–H and O–H groups in total. The van der Waals surface area contributed by atoms with E-state index in [4.69, 9.17) is 21.1 Å². The predicted octanol–water partition coefficient (Wildman–Crippen LogP) is 5.76. The number of hydrogen-bond donors (Lipinski definition) is 0. The molecule has 4 atom stereocenters. The van der Waals surface area contributed by atoms with Gasteiger partial charge in [0.25, 0.3) is 0 Å². The molecule has 0 saturated carbocycles. The first kappa shape index (κ1) is 27.0. The number of halogens is 4. The van der Waals surface area contributed by atoms with Crippen molar-refractivity contribution in [2.75, 3.05) is 29.6 Å². The Kier molecular flexibility index (Phi) is 8.16. The Morgan fingerprint density at radius 2 is 1.95 bits per heavy atom. The zero-order valence-corrected chi connectivity index (χ0v) is 21.7. The highest BCUT2D eigenvalue weighted by Gasteiger charge is 2.48. The highest BCUT2D eigenvalue weighted by molar-refractivity contribution is 6.33. The quantitative estimate of drug-likeness (QED) is 0.398. The molecule has 7 nitrogen and oxygen atoms in total. The number of carbonyl (C=O) groups excluding carboxylic acids is 1. The van der Waals surface area contributed by atoms with Gasteiger partial charge in [-0.3, -0.25) is 5.01 Å². The topological polar surface area (TPSA) is 67.3 Å². The summed E-state index contributed by atoms with van der Waals surface area (Å²) in [5, 5.41) is 5.68. The minimum absolute atomic E-state index is 0.0430. The SMILES string of the molecule is CCOc1cc(N2CCC(Oc3ccc(N4N=C(C(F)(F)F)C(C)C4CC=O)cc3)C(C)C2)c(Cl)cn1. The van der Waals surface area contributed by atoms with Crippen LogP contribution in [0, 0.1) is 11.8 Å². The van der Waals surface area contributed by atoms with E-state index in [1.807, 2.05) is 13.0 Å². The molecular formula is C26H30ClF3N4O3. The lowest BCUT2D eigenvalue weighted by molar-refractivity contribution is -0.108. The molecule has 2 aliphatic rings. The number of aromatic nitrogens is 1. The maximum absolute atomic E-state index is 13.4. The number of ether oxygens (including phenoxy) is 2. The Balaban J connectivity index is 1.42. The van der Waals surface area contributed by atoms with Gasteiger partial charge in [0, 0.05) is 43.8 Å². The largest absolute Gasteiger partial charge is 0.490 e. The smallest absolute Gasteiger partial charge is 0.431 e. The molecule has 1 fully saturated rings. The van der Waals surface area contributed by atoms with E-state index in [-0.39, 0.29) is 18.4 Å². The Morgan fingerprint density at radius 1 is 1.22 bits per heavy atom. The van der Waals surface area contributed by atoms with E-state index in [0.717, 1.165) is 25.2 Å². The number of anilines is 2. The number of rotatable bonds is 8. The van der Waals surface area contributed by atoms with E-state index >= 15 is 0 Å². The number of aldehydes is 1. The number of hydrogen-bond acceptors (Lipinski definition) is 7. The summed E-state index contributed by atoms with van der Waals surface area (Å²) in [4.78, 5) is 17.5. The number of alkyl halides is 3. The van der Waals surface area contributed by atoms with Crippen LogP contribution in [0.1, 0.15) is 33.6 Å². The van der Waals surface area contributed by atoms with Crippen molar-refractivity contribution in [2.45, 2.75) is 51.9 Å². The molecule has 2 aliphatic heterocycles. The Morgan fingerprint density at radius 3 is 2.57 bits per heavy atom. The molecule has 0 radical (unpaired) electrons. The molecular weight excluding hydrogens is 509 g/mol. The van der Waals surface area contributed by atoms with Gasteiger partial charge in [0.05, 0.1) is 35.2 Å². The molecule has 1 saturated heterocycles. The molecule has 37 heavy (non-hydrogen) atoms. The zero-order chi connectivity index (χ0) is 26.7. The molecule has 0 amide bonds. The van der Waals surface area contributed by atoms with E-state index in [9.17, 15) is 18.0 Å². The van der Waals surface area contributed by atoms with Crippen LogP contribution in [0.3, 0.4) is 0 Å². The van der Waals surface area contributed by atoms with Crippen molar-refractivity contribution in [2.24, 2.45) is 16.9 Å². The molecule has 3 heterocycles. The van der Waals surface area contributed by atoms with Crippen molar-refractivity contribution in [3.05, 3.63) is 41.6 Å². The van der Waals surface area contributed by atoms with E-state index in [1.54, 1.807) is 30.5 Å². The number of benzene rings is 1. The summed E-state index contributed by atoms with van der Waals surface area (Å²) in [5.74, 6) is 0.422. The van der Waals surface area contributed by atoms with Crippen LogP contribution < -0.4 is 19.4 Å². The summed E-state index contributed by atoms with van der Waals surface area (Å²) in [7, 11) is 0. The average Bonchev–Trinajstić information content (AvgIpc) is 3.19. The van der Waals surface area contributed by atoms with Crippen LogP contribution in [0.5, 0.6) is 11.6 Å². The second-order valence-corrected chi connectivity index (χ2v) is 9.76. The number of nitrogens with zero attached hydrogens (tertiary/aromatic N) is 4. The number of pyridine rings is 1. The van der Waals surface area contributed by atoms with Crippen LogP contribution in [0.15, 0.2) is 41.6 Å². The monoisotopic (exact) mass is 538 g/mol. The van der Waals surface area contributed by atoms with Crippen molar-refractivity contribution in [1.82, 2.24) is 4.98 Å². The van der Waals surface area contributed by atoms with Gasteiger partial charge in [-0.15, -0.1) is 0 Å². The number of carbonyl (C=O) groups is 1. The van der Waals surface area contributed by atoms with Gasteiger partial charge in [-0.1, -0.05) is 25.4 Å². The summed E-state index contributed by atoms with van der Waals surface area (Å²) < 4.78 is 52.0. The highest BCUT2D eigenvalue weighted by Crippen LogP contribution is 2.37. The van der Waals surface area contributed by atoms with Crippen LogP contribution in [-0.4, -0.2) is 55.0 Å². The maximum atomic E-state index is 13.4. The second kappa shape index (κ2) is 11.2. The van der Waals surface area contributed by atoms with Crippen LogP contribution >= 0.6 is 11.6 Å². The van der Waals surface area contributed by atoms with E-state index in [2.05, 4.69) is 21.9 Å². The summed E-state index contributed by atoms with van der Waals surface area (Å²) in [6, 6.07) is 7.97. The van der Waals surface area contributed by atoms with Gasteiger partial charge in [-0.25, -0.2) is 4.98 Å². The first-order chi connectivity index (χ1) is 17.6. The lowest BCUT2D eigenvalue weighted by Crippen LogP contribution is -2.44. The van der Waals surface area contributed by atoms with Gasteiger partial charge in [0.1, 0.15) is 23.9 Å². The number of hydrazone groups is 1. The first-order valence-corrected chi connectivity index (χ1v) is 12.7.